The lowest BCUT2D eigenvalue weighted by atomic mass is 9.90. The van der Waals surface area contributed by atoms with Crippen molar-refractivity contribution in [1.82, 2.24) is 20.3 Å². The summed E-state index contributed by atoms with van der Waals surface area (Å²) in [6.45, 7) is 7.88. The largest absolute Gasteiger partial charge is 0.359 e. The number of hydrogen-bond donors (Lipinski definition) is 1. The number of nitrogens with zero attached hydrogens (tertiary/aromatic N) is 3. The minimum absolute atomic E-state index is 0.130. The molecule has 3 heterocycles. The van der Waals surface area contributed by atoms with Crippen molar-refractivity contribution in [3.63, 3.8) is 0 Å². The monoisotopic (exact) mass is 410 g/mol. The zero-order chi connectivity index (χ0) is 20.8. The number of amides is 1. The van der Waals surface area contributed by atoms with Crippen LogP contribution in [0.15, 0.2) is 40.9 Å². The molecule has 2 aromatic rings. The first-order valence-corrected chi connectivity index (χ1v) is 11.5. The average Bonchev–Trinajstić information content (AvgIpc) is 3.43. The van der Waals surface area contributed by atoms with E-state index < -0.39 is 0 Å². The third-order valence-corrected chi connectivity index (χ3v) is 6.65. The second kappa shape index (κ2) is 10.2. The predicted octanol–water partition coefficient (Wildman–Crippen LogP) is 3.34. The summed E-state index contributed by atoms with van der Waals surface area (Å²) < 4.78 is 5.46. The van der Waals surface area contributed by atoms with Gasteiger partial charge in [-0.15, -0.1) is 0 Å². The maximum atomic E-state index is 12.5. The number of nitrogens with one attached hydrogen (secondary N) is 1. The molecule has 0 unspecified atom stereocenters. The Morgan fingerprint density at radius 2 is 1.97 bits per heavy atom. The summed E-state index contributed by atoms with van der Waals surface area (Å²) >= 11 is 0. The highest BCUT2D eigenvalue weighted by Crippen LogP contribution is 2.23. The second-order valence-electron chi connectivity index (χ2n) is 8.72. The van der Waals surface area contributed by atoms with Gasteiger partial charge in [-0.05, 0) is 69.8 Å². The SMILES string of the molecule is CCN1CCC[C@H]1CNC(=O)c1cc(CN2CCC(Cc3ccccc3)CC2)on1. The molecule has 0 bridgehead atoms. The number of rotatable bonds is 8. The third kappa shape index (κ3) is 5.49. The molecule has 6 nitrogen and oxygen atoms in total. The summed E-state index contributed by atoms with van der Waals surface area (Å²) in [6.07, 6.45) is 5.93. The molecule has 2 saturated heterocycles. The van der Waals surface area contributed by atoms with Crippen LogP contribution in [0.2, 0.25) is 0 Å². The molecule has 0 aliphatic carbocycles. The number of piperidine rings is 1. The first-order valence-electron chi connectivity index (χ1n) is 11.5. The number of benzene rings is 1. The van der Waals surface area contributed by atoms with Gasteiger partial charge in [0.25, 0.3) is 5.91 Å². The lowest BCUT2D eigenvalue weighted by Crippen LogP contribution is -2.40. The molecule has 30 heavy (non-hydrogen) atoms. The van der Waals surface area contributed by atoms with Gasteiger partial charge in [-0.2, -0.15) is 0 Å². The van der Waals surface area contributed by atoms with Gasteiger partial charge >= 0.3 is 0 Å². The van der Waals surface area contributed by atoms with Gasteiger partial charge in [0, 0.05) is 18.7 Å². The summed E-state index contributed by atoms with van der Waals surface area (Å²) in [5, 5.41) is 7.04. The Bertz CT molecular complexity index is 799. The molecule has 1 amide bonds. The quantitative estimate of drug-likeness (QED) is 0.723. The van der Waals surface area contributed by atoms with Crippen molar-refractivity contribution < 1.29 is 9.32 Å². The van der Waals surface area contributed by atoms with Crippen LogP contribution in [0.4, 0.5) is 0 Å². The van der Waals surface area contributed by atoms with E-state index in [4.69, 9.17) is 4.52 Å². The molecule has 0 saturated carbocycles. The van der Waals surface area contributed by atoms with E-state index in [-0.39, 0.29) is 5.91 Å². The summed E-state index contributed by atoms with van der Waals surface area (Å²) in [5.74, 6) is 1.39. The van der Waals surface area contributed by atoms with E-state index in [0.29, 0.717) is 18.3 Å². The maximum absolute atomic E-state index is 12.5. The Labute approximate surface area is 179 Å². The number of carbonyl (C=O) groups is 1. The molecule has 162 valence electrons. The van der Waals surface area contributed by atoms with E-state index in [9.17, 15) is 4.79 Å². The van der Waals surface area contributed by atoms with E-state index in [1.165, 1.54) is 24.8 Å². The minimum Gasteiger partial charge on any atom is -0.359 e. The highest BCUT2D eigenvalue weighted by atomic mass is 16.5. The number of hydrogen-bond acceptors (Lipinski definition) is 5. The van der Waals surface area contributed by atoms with Crippen LogP contribution in [0, 0.1) is 5.92 Å². The van der Waals surface area contributed by atoms with Crippen molar-refractivity contribution in [3.8, 4) is 0 Å². The van der Waals surface area contributed by atoms with Crippen LogP contribution in [-0.2, 0) is 13.0 Å². The molecule has 0 spiro atoms. The molecule has 1 atom stereocenters. The lowest BCUT2D eigenvalue weighted by molar-refractivity contribution is 0.0932. The Balaban J connectivity index is 1.20. The highest BCUT2D eigenvalue weighted by Gasteiger charge is 2.25. The van der Waals surface area contributed by atoms with Gasteiger partial charge in [-0.3, -0.25) is 14.6 Å². The molecule has 2 aliphatic heterocycles. The summed E-state index contributed by atoms with van der Waals surface area (Å²) in [6, 6.07) is 13.0. The number of carbonyl (C=O) groups excluding carboxylic acids is 1. The van der Waals surface area contributed by atoms with Crippen molar-refractivity contribution in [1.29, 1.82) is 0 Å². The normalized spacial score (nSPS) is 21.2. The lowest BCUT2D eigenvalue weighted by Gasteiger charge is -2.31. The molecule has 4 rings (SSSR count). The van der Waals surface area contributed by atoms with Crippen molar-refractivity contribution in [3.05, 3.63) is 53.4 Å². The summed E-state index contributed by atoms with van der Waals surface area (Å²) in [4.78, 5) is 17.3. The molecule has 2 fully saturated rings. The Kier molecular flexibility index (Phi) is 7.18. The Morgan fingerprint density at radius 3 is 2.73 bits per heavy atom. The minimum atomic E-state index is -0.130. The van der Waals surface area contributed by atoms with Crippen molar-refractivity contribution >= 4 is 5.91 Å². The number of likely N-dealkylation sites (tertiary alicyclic amines) is 2. The van der Waals surface area contributed by atoms with E-state index >= 15 is 0 Å². The zero-order valence-corrected chi connectivity index (χ0v) is 18.1. The topological polar surface area (TPSA) is 61.6 Å². The van der Waals surface area contributed by atoms with Gasteiger partial charge in [0.05, 0.1) is 6.54 Å². The van der Waals surface area contributed by atoms with Crippen LogP contribution >= 0.6 is 0 Å². The second-order valence-corrected chi connectivity index (χ2v) is 8.72. The van der Waals surface area contributed by atoms with Gasteiger partial charge in [0.15, 0.2) is 11.5 Å². The van der Waals surface area contributed by atoms with Gasteiger partial charge in [-0.1, -0.05) is 42.4 Å². The van der Waals surface area contributed by atoms with Gasteiger partial charge in [-0.25, -0.2) is 0 Å². The van der Waals surface area contributed by atoms with Crippen molar-refractivity contribution in [2.75, 3.05) is 32.7 Å². The number of aromatic nitrogens is 1. The average molecular weight is 411 g/mol. The smallest absolute Gasteiger partial charge is 0.273 e. The van der Waals surface area contributed by atoms with Crippen LogP contribution in [0.25, 0.3) is 0 Å². The van der Waals surface area contributed by atoms with Gasteiger partial charge in [0.2, 0.25) is 0 Å². The fourth-order valence-corrected chi connectivity index (χ4v) is 4.85. The summed E-state index contributed by atoms with van der Waals surface area (Å²) in [5.41, 5.74) is 1.83. The highest BCUT2D eigenvalue weighted by molar-refractivity contribution is 5.92. The molecule has 1 N–H and O–H groups in total. The molecular weight excluding hydrogens is 376 g/mol. The first-order chi connectivity index (χ1) is 14.7. The van der Waals surface area contributed by atoms with E-state index in [1.54, 1.807) is 6.07 Å². The van der Waals surface area contributed by atoms with Gasteiger partial charge < -0.3 is 9.84 Å². The van der Waals surface area contributed by atoms with Crippen LogP contribution in [0.5, 0.6) is 0 Å². The third-order valence-electron chi connectivity index (χ3n) is 6.65. The molecule has 6 heteroatoms. The Hall–Kier alpha value is -2.18. The van der Waals surface area contributed by atoms with Crippen molar-refractivity contribution in [2.24, 2.45) is 5.92 Å². The molecule has 2 aliphatic rings. The van der Waals surface area contributed by atoms with Crippen LogP contribution in [0.1, 0.15) is 54.4 Å². The molecular formula is C24H34N4O2. The maximum Gasteiger partial charge on any atom is 0.273 e. The zero-order valence-electron chi connectivity index (χ0n) is 18.1. The standard InChI is InChI=1S/C24H34N4O2/c1-2-28-12-6-9-21(28)17-25-24(29)23-16-22(30-26-23)18-27-13-10-20(11-14-27)15-19-7-4-3-5-8-19/h3-5,7-8,16,20-21H,2,6,9-15,17-18H2,1H3,(H,25,29)/t21-/m0/s1. The van der Waals surface area contributed by atoms with Crippen LogP contribution < -0.4 is 5.32 Å². The molecule has 0 radical (unpaired) electrons. The van der Waals surface area contributed by atoms with Crippen LogP contribution in [0.3, 0.4) is 0 Å². The fraction of sp³-hybridized carbons (Fsp3) is 0.583. The van der Waals surface area contributed by atoms with Crippen molar-refractivity contribution in [2.45, 2.75) is 51.6 Å². The van der Waals surface area contributed by atoms with E-state index in [0.717, 1.165) is 57.2 Å². The molecule has 1 aromatic carbocycles. The van der Waals surface area contributed by atoms with E-state index in [2.05, 4.69) is 57.5 Å². The Morgan fingerprint density at radius 1 is 1.17 bits per heavy atom. The van der Waals surface area contributed by atoms with Crippen LogP contribution in [-0.4, -0.2) is 59.6 Å². The fourth-order valence-electron chi connectivity index (χ4n) is 4.85. The van der Waals surface area contributed by atoms with Gasteiger partial charge in [0.1, 0.15) is 0 Å². The molecule has 1 aromatic heterocycles. The summed E-state index contributed by atoms with van der Waals surface area (Å²) in [7, 11) is 0. The number of likely N-dealkylation sites (N-methyl/N-ethyl adjacent to an activating group) is 1. The predicted molar refractivity (Wildman–Crippen MR) is 117 cm³/mol. The first kappa shape index (κ1) is 21.1. The van der Waals surface area contributed by atoms with E-state index in [1.807, 2.05) is 0 Å².